The molecule has 0 aromatic carbocycles. The molecule has 0 aliphatic carbocycles. The number of halogens is 2. The molecule has 76 valence electrons. The minimum absolute atomic E-state index is 0.0942. The van der Waals surface area contributed by atoms with Crippen LogP contribution in [0.25, 0.3) is 0 Å². The van der Waals surface area contributed by atoms with Crippen LogP contribution >= 0.6 is 0 Å². The largest absolute Gasteiger partial charge is 0.436 e. The summed E-state index contributed by atoms with van der Waals surface area (Å²) in [5, 5.41) is 0. The highest BCUT2D eigenvalue weighted by Gasteiger charge is 2.47. The van der Waals surface area contributed by atoms with Gasteiger partial charge in [0.1, 0.15) is 0 Å². The van der Waals surface area contributed by atoms with E-state index in [1.165, 1.54) is 4.90 Å². The lowest BCUT2D eigenvalue weighted by atomic mass is 10.2. The Morgan fingerprint density at radius 2 is 2.31 bits per heavy atom. The molecule has 1 unspecified atom stereocenters. The average molecular weight is 193 g/mol. The second-order valence-electron chi connectivity index (χ2n) is 3.12. The van der Waals surface area contributed by atoms with E-state index >= 15 is 0 Å². The van der Waals surface area contributed by atoms with Crippen molar-refractivity contribution in [3.8, 4) is 0 Å². The van der Waals surface area contributed by atoms with Crippen LogP contribution in [0.3, 0.4) is 0 Å². The van der Waals surface area contributed by atoms with Crippen molar-refractivity contribution in [1.29, 1.82) is 0 Å². The maximum atomic E-state index is 12.7. The molecular formula is C8H13F2NO2. The molecule has 1 saturated heterocycles. The van der Waals surface area contributed by atoms with Gasteiger partial charge in [0.25, 0.3) is 0 Å². The summed E-state index contributed by atoms with van der Waals surface area (Å²) in [6, 6.07) is -0.151. The molecule has 3 nitrogen and oxygen atoms in total. The Morgan fingerprint density at radius 1 is 1.69 bits per heavy atom. The molecule has 0 saturated carbocycles. The molecule has 5 heteroatoms. The minimum atomic E-state index is -3.62. The summed E-state index contributed by atoms with van der Waals surface area (Å²) in [7, 11) is 0. The van der Waals surface area contributed by atoms with Crippen LogP contribution in [0, 0.1) is 0 Å². The first-order valence-corrected chi connectivity index (χ1v) is 4.32. The van der Waals surface area contributed by atoms with Gasteiger partial charge >= 0.3 is 12.0 Å². The molecule has 0 spiro atoms. The Balaban J connectivity index is 2.71. The van der Waals surface area contributed by atoms with Crippen LogP contribution in [-0.4, -0.2) is 36.1 Å². The van der Waals surface area contributed by atoms with E-state index in [9.17, 15) is 13.6 Å². The monoisotopic (exact) mass is 193 g/mol. The Bertz CT molecular complexity index is 208. The fourth-order valence-electron chi connectivity index (χ4n) is 1.24. The summed E-state index contributed by atoms with van der Waals surface area (Å²) in [6.07, 6.45) is -2.95. The van der Waals surface area contributed by atoms with Crippen molar-refractivity contribution in [2.75, 3.05) is 13.2 Å². The number of hydrogen-bond acceptors (Lipinski definition) is 2. The van der Waals surface area contributed by atoms with Gasteiger partial charge in [0.2, 0.25) is 0 Å². The molecule has 0 N–H and O–H groups in total. The molecule has 0 radical (unpaired) electrons. The van der Waals surface area contributed by atoms with Gasteiger partial charge in [-0.05, 0) is 13.3 Å². The van der Waals surface area contributed by atoms with E-state index in [-0.39, 0.29) is 19.2 Å². The van der Waals surface area contributed by atoms with Gasteiger partial charge in [-0.25, -0.2) is 0 Å². The summed E-state index contributed by atoms with van der Waals surface area (Å²) in [4.78, 5) is 12.3. The molecule has 1 aliphatic rings. The van der Waals surface area contributed by atoms with Gasteiger partial charge in [-0.3, -0.25) is 4.79 Å². The third kappa shape index (κ3) is 1.96. The summed E-state index contributed by atoms with van der Waals surface area (Å²) in [5.41, 5.74) is 0. The van der Waals surface area contributed by atoms with Gasteiger partial charge in [-0.15, -0.1) is 0 Å². The first-order valence-electron chi connectivity index (χ1n) is 4.32. The number of nitrogens with zero attached hydrogens (tertiary/aromatic N) is 1. The van der Waals surface area contributed by atoms with E-state index in [0.29, 0.717) is 6.42 Å². The molecule has 13 heavy (non-hydrogen) atoms. The lowest BCUT2D eigenvalue weighted by molar-refractivity contribution is -0.257. The van der Waals surface area contributed by atoms with Crippen LogP contribution in [0.2, 0.25) is 0 Å². The number of carbonyl (C=O) groups is 1. The zero-order valence-corrected chi connectivity index (χ0v) is 7.72. The Morgan fingerprint density at radius 3 is 2.85 bits per heavy atom. The van der Waals surface area contributed by atoms with Gasteiger partial charge in [0, 0.05) is 12.6 Å². The molecule has 1 heterocycles. The molecule has 0 bridgehead atoms. The number of hydrogen-bond donors (Lipinski definition) is 0. The maximum Gasteiger partial charge on any atom is 0.436 e. The van der Waals surface area contributed by atoms with E-state index < -0.39 is 12.0 Å². The van der Waals surface area contributed by atoms with Crippen molar-refractivity contribution in [3.05, 3.63) is 0 Å². The van der Waals surface area contributed by atoms with Gasteiger partial charge in [-0.1, -0.05) is 6.92 Å². The second kappa shape index (κ2) is 3.57. The van der Waals surface area contributed by atoms with E-state index in [1.807, 2.05) is 6.92 Å². The summed E-state index contributed by atoms with van der Waals surface area (Å²) in [5.74, 6) is -1.21. The summed E-state index contributed by atoms with van der Waals surface area (Å²) in [6.45, 7) is 3.76. The highest BCUT2D eigenvalue weighted by Crippen LogP contribution is 2.24. The molecule has 1 atom stereocenters. The van der Waals surface area contributed by atoms with Gasteiger partial charge in [-0.2, -0.15) is 8.78 Å². The first kappa shape index (κ1) is 10.4. The van der Waals surface area contributed by atoms with Crippen molar-refractivity contribution in [2.45, 2.75) is 32.4 Å². The smallest absolute Gasteiger partial charge is 0.330 e. The van der Waals surface area contributed by atoms with Crippen molar-refractivity contribution in [1.82, 2.24) is 4.90 Å². The molecule has 0 aromatic heterocycles. The number of rotatable bonds is 2. The molecule has 1 fully saturated rings. The van der Waals surface area contributed by atoms with Gasteiger partial charge in [0.05, 0.1) is 6.61 Å². The predicted molar refractivity (Wildman–Crippen MR) is 42.4 cm³/mol. The first-order chi connectivity index (χ1) is 5.99. The predicted octanol–water partition coefficient (Wildman–Crippen LogP) is 1.24. The van der Waals surface area contributed by atoms with E-state index in [0.717, 1.165) is 0 Å². The third-order valence-electron chi connectivity index (χ3n) is 2.25. The highest BCUT2D eigenvalue weighted by atomic mass is 19.3. The lowest BCUT2D eigenvalue weighted by Crippen LogP contribution is -2.54. The summed E-state index contributed by atoms with van der Waals surface area (Å²) < 4.78 is 29.5. The van der Waals surface area contributed by atoms with Crippen LogP contribution in [0.15, 0.2) is 0 Å². The van der Waals surface area contributed by atoms with Crippen molar-refractivity contribution < 1.29 is 18.3 Å². The normalized spacial score (nSPS) is 24.6. The topological polar surface area (TPSA) is 29.5 Å². The Hall–Kier alpha value is -0.710. The van der Waals surface area contributed by atoms with Gasteiger partial charge in [0.15, 0.2) is 0 Å². The highest BCUT2D eigenvalue weighted by molar-refractivity contribution is 5.82. The third-order valence-corrected chi connectivity index (χ3v) is 2.25. The maximum absolute atomic E-state index is 12.7. The van der Waals surface area contributed by atoms with Crippen molar-refractivity contribution >= 4 is 5.91 Å². The zero-order valence-electron chi connectivity index (χ0n) is 7.72. The van der Waals surface area contributed by atoms with Crippen molar-refractivity contribution in [3.63, 3.8) is 0 Å². The molecule has 1 amide bonds. The van der Waals surface area contributed by atoms with Crippen LogP contribution in [0.4, 0.5) is 8.78 Å². The number of ether oxygens (including phenoxy) is 1. The van der Waals surface area contributed by atoms with Crippen LogP contribution < -0.4 is 0 Å². The molecular weight excluding hydrogens is 180 g/mol. The zero-order chi connectivity index (χ0) is 10.1. The number of morpholine rings is 1. The number of alkyl halides is 2. The SMILES string of the molecule is CCC(C)N1CCOC(F)(F)C1=O. The minimum Gasteiger partial charge on any atom is -0.330 e. The van der Waals surface area contributed by atoms with Crippen LogP contribution in [0.5, 0.6) is 0 Å². The summed E-state index contributed by atoms with van der Waals surface area (Å²) >= 11 is 0. The van der Waals surface area contributed by atoms with Crippen LogP contribution in [-0.2, 0) is 9.53 Å². The number of amides is 1. The fraction of sp³-hybridized carbons (Fsp3) is 0.875. The fourth-order valence-corrected chi connectivity index (χ4v) is 1.24. The Kier molecular flexibility index (Phi) is 2.85. The molecule has 1 rings (SSSR count). The quantitative estimate of drug-likeness (QED) is 0.660. The van der Waals surface area contributed by atoms with Crippen molar-refractivity contribution in [2.24, 2.45) is 0 Å². The lowest BCUT2D eigenvalue weighted by Gasteiger charge is -2.35. The average Bonchev–Trinajstić information content (AvgIpc) is 2.08. The second-order valence-corrected chi connectivity index (χ2v) is 3.12. The van der Waals surface area contributed by atoms with E-state index in [2.05, 4.69) is 4.74 Å². The molecule has 0 aromatic rings. The molecule has 1 aliphatic heterocycles. The standard InChI is InChI=1S/C8H13F2NO2/c1-3-6(2)11-4-5-13-8(9,10)7(11)12/h6H,3-5H2,1-2H3. The van der Waals surface area contributed by atoms with Crippen LogP contribution in [0.1, 0.15) is 20.3 Å². The van der Waals surface area contributed by atoms with Gasteiger partial charge < -0.3 is 9.64 Å². The number of carbonyl (C=O) groups excluding carboxylic acids is 1. The van der Waals surface area contributed by atoms with E-state index in [1.54, 1.807) is 6.92 Å². The Labute approximate surface area is 75.7 Å². The van der Waals surface area contributed by atoms with E-state index in [4.69, 9.17) is 0 Å².